The van der Waals surface area contributed by atoms with Crippen molar-refractivity contribution in [1.29, 1.82) is 0 Å². The molecule has 2 aromatic carbocycles. The fraction of sp³-hybridized carbons (Fsp3) is 0.429. The zero-order valence-corrected chi connectivity index (χ0v) is 21.5. The van der Waals surface area contributed by atoms with Gasteiger partial charge in [-0.3, -0.25) is 4.79 Å². The van der Waals surface area contributed by atoms with E-state index in [-0.39, 0.29) is 11.1 Å². The molecule has 1 aliphatic carbocycles. The lowest BCUT2D eigenvalue weighted by Crippen LogP contribution is -2.61. The molecule has 12 heteroatoms. The molecule has 1 fully saturated rings. The van der Waals surface area contributed by atoms with Gasteiger partial charge in [0.05, 0.1) is 0 Å². The van der Waals surface area contributed by atoms with Crippen molar-refractivity contribution in [1.82, 2.24) is 0 Å². The van der Waals surface area contributed by atoms with Gasteiger partial charge in [0.15, 0.2) is 34.9 Å². The number of hydrogen-bond donors (Lipinski definition) is 5. The molecule has 10 nitrogen and oxygen atoms in total. The number of aliphatic hydroxyl groups excluding tert-OH is 3. The van der Waals surface area contributed by atoms with Gasteiger partial charge >= 0.3 is 5.97 Å². The number of aliphatic hydroxyl groups is 4. The molecule has 5 N–H and O–H groups in total. The molecule has 2 aromatic rings. The third kappa shape index (κ3) is 4.65. The number of rotatable bonds is 5. The van der Waals surface area contributed by atoms with E-state index in [0.717, 1.165) is 12.1 Å². The third-order valence-corrected chi connectivity index (χ3v) is 7.46. The number of carboxylic acid groups (broad SMARTS) is 1. The molecule has 3 aliphatic rings. The summed E-state index contributed by atoms with van der Waals surface area (Å²) >= 11 is 0. The molecule has 2 aliphatic heterocycles. The number of benzene rings is 2. The maximum atomic E-state index is 15.1. The molecule has 0 aromatic heterocycles. The van der Waals surface area contributed by atoms with Gasteiger partial charge in [0, 0.05) is 23.1 Å². The number of ether oxygens (including phenoxy) is 3. The predicted molar refractivity (Wildman–Crippen MR) is 132 cm³/mol. The van der Waals surface area contributed by atoms with E-state index in [9.17, 15) is 30.0 Å². The molecule has 40 heavy (non-hydrogen) atoms. The highest BCUT2D eigenvalue weighted by Crippen LogP contribution is 2.47. The molecule has 0 saturated carbocycles. The van der Waals surface area contributed by atoms with E-state index in [2.05, 4.69) is 0 Å². The Kier molecular flexibility index (Phi) is 6.95. The van der Waals surface area contributed by atoms with Crippen LogP contribution < -0.4 is 4.74 Å². The molecule has 0 spiro atoms. The third-order valence-electron chi connectivity index (χ3n) is 7.46. The molecule has 1 unspecified atom stereocenters. The highest BCUT2D eigenvalue weighted by molar-refractivity contribution is 6.10. The van der Waals surface area contributed by atoms with Crippen LogP contribution in [0.1, 0.15) is 43.4 Å². The topological polar surface area (TPSA) is 163 Å². The summed E-state index contributed by atoms with van der Waals surface area (Å²) in [4.78, 5) is 24.9. The summed E-state index contributed by atoms with van der Waals surface area (Å²) in [5.74, 6) is -5.62. The molecular weight excluding hydrogens is 534 g/mol. The molecule has 214 valence electrons. The van der Waals surface area contributed by atoms with Gasteiger partial charge in [-0.05, 0) is 44.4 Å². The average molecular weight is 563 g/mol. The molecule has 2 heterocycles. The van der Waals surface area contributed by atoms with Crippen molar-refractivity contribution in [3.05, 3.63) is 70.3 Å². The van der Waals surface area contributed by atoms with Crippen molar-refractivity contribution >= 4 is 17.5 Å². The summed E-state index contributed by atoms with van der Waals surface area (Å²) in [7, 11) is 0. The summed E-state index contributed by atoms with van der Waals surface area (Å²) < 4.78 is 46.3. The molecule has 0 radical (unpaired) electrons. The smallest absolute Gasteiger partial charge is 0.335 e. The molecule has 6 atom stereocenters. The minimum absolute atomic E-state index is 0.0990. The van der Waals surface area contributed by atoms with Gasteiger partial charge in [-0.25, -0.2) is 13.6 Å². The van der Waals surface area contributed by atoms with Crippen LogP contribution in [0.4, 0.5) is 8.78 Å². The van der Waals surface area contributed by atoms with E-state index in [1.54, 1.807) is 24.3 Å². The second-order valence-electron chi connectivity index (χ2n) is 10.8. The number of Topliss-reactive ketones (excluding diaryl/α,β-unsaturated/α-hetero) is 1. The first-order valence-electron chi connectivity index (χ1n) is 12.6. The fourth-order valence-corrected chi connectivity index (χ4v) is 5.34. The maximum Gasteiger partial charge on any atom is 0.335 e. The Bertz CT molecular complexity index is 1380. The first-order chi connectivity index (χ1) is 18.7. The lowest BCUT2D eigenvalue weighted by molar-refractivity contribution is -0.271. The first kappa shape index (κ1) is 28.1. The van der Waals surface area contributed by atoms with Gasteiger partial charge in [-0.2, -0.15) is 0 Å². The number of carboxylic acids is 1. The van der Waals surface area contributed by atoms with E-state index in [4.69, 9.17) is 19.3 Å². The summed E-state index contributed by atoms with van der Waals surface area (Å²) in [6, 6.07) is 8.25. The van der Waals surface area contributed by atoms with E-state index in [0.29, 0.717) is 29.7 Å². The van der Waals surface area contributed by atoms with Crippen LogP contribution in [0.3, 0.4) is 0 Å². The molecule has 5 rings (SSSR count). The van der Waals surface area contributed by atoms with Crippen LogP contribution in [0.5, 0.6) is 5.75 Å². The van der Waals surface area contributed by atoms with Gasteiger partial charge in [0.25, 0.3) is 0 Å². The van der Waals surface area contributed by atoms with Crippen molar-refractivity contribution < 1.29 is 58.1 Å². The van der Waals surface area contributed by atoms with Crippen molar-refractivity contribution in [2.45, 2.75) is 75.0 Å². The Labute approximate surface area is 227 Å². The Morgan fingerprint density at radius 3 is 2.38 bits per heavy atom. The minimum atomic E-state index is -2.15. The van der Waals surface area contributed by atoms with Crippen molar-refractivity contribution in [2.75, 3.05) is 0 Å². The zero-order valence-electron chi connectivity index (χ0n) is 21.5. The van der Waals surface area contributed by atoms with Gasteiger partial charge in [-0.15, -0.1) is 0 Å². The second kappa shape index (κ2) is 9.89. The van der Waals surface area contributed by atoms with Gasteiger partial charge in [-0.1, -0.05) is 24.3 Å². The lowest BCUT2D eigenvalue weighted by atomic mass is 9.72. The van der Waals surface area contributed by atoms with Crippen LogP contribution in [0.25, 0.3) is 5.76 Å². The molecular formula is C28H28F2O10. The van der Waals surface area contributed by atoms with E-state index >= 15 is 8.78 Å². The summed E-state index contributed by atoms with van der Waals surface area (Å²) in [6.07, 6.45) is -9.79. The number of fused-ring (bicyclic) bond motifs is 2. The van der Waals surface area contributed by atoms with Gasteiger partial charge in [0.2, 0.25) is 6.29 Å². The van der Waals surface area contributed by atoms with Gasteiger partial charge in [0.1, 0.15) is 29.7 Å². The number of ketones is 1. The monoisotopic (exact) mass is 562 g/mol. The fourth-order valence-electron chi connectivity index (χ4n) is 5.34. The Hall–Kier alpha value is -3.42. The SMILES string of the molecule is CC1(C)CCC2=C(O1)c1ccccc1C(O)(Cc1cc(F)c(O[C@@H]3O[C@H](C(=O)O)[C@@H](O)[C@H](O)[C@H]3O)c(F)c1)C2=O. The van der Waals surface area contributed by atoms with Crippen LogP contribution in [0.2, 0.25) is 0 Å². The Balaban J connectivity index is 1.45. The number of carbonyl (C=O) groups is 2. The van der Waals surface area contributed by atoms with Crippen molar-refractivity contribution in [3.63, 3.8) is 0 Å². The van der Waals surface area contributed by atoms with Crippen molar-refractivity contribution in [3.8, 4) is 5.75 Å². The van der Waals surface area contributed by atoms with Crippen LogP contribution in [-0.2, 0) is 31.1 Å². The van der Waals surface area contributed by atoms with Crippen LogP contribution in [-0.4, -0.2) is 73.6 Å². The highest BCUT2D eigenvalue weighted by atomic mass is 19.1. The number of aliphatic carboxylic acids is 1. The summed E-state index contributed by atoms with van der Waals surface area (Å²) in [6.45, 7) is 3.78. The van der Waals surface area contributed by atoms with E-state index in [1.807, 2.05) is 13.8 Å². The molecule has 0 amide bonds. The number of halogens is 2. The van der Waals surface area contributed by atoms with Crippen LogP contribution in [0.15, 0.2) is 42.0 Å². The normalized spacial score (nSPS) is 31.2. The van der Waals surface area contributed by atoms with Gasteiger partial charge < -0.3 is 39.7 Å². The number of hydrogen-bond acceptors (Lipinski definition) is 9. The Morgan fingerprint density at radius 1 is 1.07 bits per heavy atom. The number of carbonyl (C=O) groups excluding carboxylic acids is 1. The quantitative estimate of drug-likeness (QED) is 0.361. The lowest BCUT2D eigenvalue weighted by Gasteiger charge is -2.41. The van der Waals surface area contributed by atoms with Crippen LogP contribution in [0, 0.1) is 11.6 Å². The molecule has 0 bridgehead atoms. The van der Waals surface area contributed by atoms with Crippen LogP contribution >= 0.6 is 0 Å². The Morgan fingerprint density at radius 2 is 1.73 bits per heavy atom. The maximum absolute atomic E-state index is 15.1. The summed E-state index contributed by atoms with van der Waals surface area (Å²) in [5, 5.41) is 50.7. The van der Waals surface area contributed by atoms with E-state index in [1.165, 1.54) is 0 Å². The molecule has 1 saturated heterocycles. The second-order valence-corrected chi connectivity index (χ2v) is 10.8. The van der Waals surface area contributed by atoms with Crippen molar-refractivity contribution in [2.24, 2.45) is 0 Å². The first-order valence-corrected chi connectivity index (χ1v) is 12.6. The van der Waals surface area contributed by atoms with E-state index < -0.39 is 77.5 Å². The standard InChI is InChI=1S/C28H28F2O10/c1-27(2)8-7-14-21(40-27)13-5-3-4-6-15(13)28(37,24(14)34)11-12-9-16(29)22(17(30)10-12)38-26-20(33)18(31)19(32)23(39-26)25(35)36/h3-6,9-10,18-20,23,26,31-33,37H,7-8,11H2,1-2H3,(H,35,36)/t18-,19-,20+,23-,26+,28?/m0/s1. The minimum Gasteiger partial charge on any atom is -0.487 e. The average Bonchev–Trinajstić information content (AvgIpc) is 2.88. The highest BCUT2D eigenvalue weighted by Gasteiger charge is 2.50. The predicted octanol–water partition coefficient (Wildman–Crippen LogP) is 1.55. The zero-order chi connectivity index (χ0) is 29.1. The summed E-state index contributed by atoms with van der Waals surface area (Å²) in [5.41, 5.74) is -1.76. The largest absolute Gasteiger partial charge is 0.487 e.